The summed E-state index contributed by atoms with van der Waals surface area (Å²) in [4.78, 5) is 25.9. The minimum Gasteiger partial charge on any atom is -0.479 e. The summed E-state index contributed by atoms with van der Waals surface area (Å²) in [7, 11) is -3.95. The number of carbonyl (C=O) groups is 2. The molecule has 1 atom stereocenters. The number of ether oxygens (including phenoxy) is 1. The van der Waals surface area contributed by atoms with Gasteiger partial charge in [-0.2, -0.15) is 9.57 Å². The van der Waals surface area contributed by atoms with Crippen molar-refractivity contribution < 1.29 is 22.7 Å². The van der Waals surface area contributed by atoms with Crippen molar-refractivity contribution in [3.63, 3.8) is 0 Å². The predicted molar refractivity (Wildman–Crippen MR) is 116 cm³/mol. The van der Waals surface area contributed by atoms with Crippen LogP contribution in [0.4, 0.5) is 5.69 Å². The van der Waals surface area contributed by atoms with Crippen molar-refractivity contribution in [1.82, 2.24) is 9.21 Å². The molecule has 0 radical (unpaired) electrons. The zero-order valence-electron chi connectivity index (χ0n) is 17.0. The second-order valence-corrected chi connectivity index (χ2v) is 9.73. The van der Waals surface area contributed by atoms with E-state index in [2.05, 4.69) is 5.32 Å². The molecule has 1 saturated heterocycles. The number of nitriles is 1. The number of hydrogen-bond donors (Lipinski definition) is 1. The summed E-state index contributed by atoms with van der Waals surface area (Å²) >= 11 is 6.23. The molecule has 1 unspecified atom stereocenters. The Morgan fingerprint density at radius 1 is 1.19 bits per heavy atom. The third-order valence-electron chi connectivity index (χ3n) is 5.37. The predicted octanol–water partition coefficient (Wildman–Crippen LogP) is 2.08. The lowest BCUT2D eigenvalue weighted by Gasteiger charge is -2.34. The van der Waals surface area contributed by atoms with Crippen molar-refractivity contribution in [3.8, 4) is 11.8 Å². The maximum absolute atomic E-state index is 13.2. The van der Waals surface area contributed by atoms with E-state index in [0.717, 1.165) is 0 Å². The quantitative estimate of drug-likeness (QED) is 0.727. The van der Waals surface area contributed by atoms with Gasteiger partial charge in [0.05, 0.1) is 22.3 Å². The molecular weight excluding hydrogens is 456 g/mol. The molecule has 0 spiro atoms. The molecule has 4 rings (SSSR count). The summed E-state index contributed by atoms with van der Waals surface area (Å²) in [6.45, 7) is 2.19. The zero-order valence-corrected chi connectivity index (χ0v) is 18.6. The van der Waals surface area contributed by atoms with Gasteiger partial charge in [-0.25, -0.2) is 8.42 Å². The number of benzene rings is 2. The minimum atomic E-state index is -3.95. The fraction of sp³-hybridized carbons (Fsp3) is 0.286. The van der Waals surface area contributed by atoms with Gasteiger partial charge in [0.25, 0.3) is 11.8 Å². The van der Waals surface area contributed by atoms with Gasteiger partial charge in [0.1, 0.15) is 10.6 Å². The van der Waals surface area contributed by atoms with Crippen LogP contribution in [-0.2, 0) is 14.8 Å². The van der Waals surface area contributed by atoms with Gasteiger partial charge >= 0.3 is 0 Å². The summed E-state index contributed by atoms with van der Waals surface area (Å²) in [5.74, 6) is -0.335. The number of rotatable bonds is 3. The van der Waals surface area contributed by atoms with Crippen LogP contribution in [-0.4, -0.2) is 61.7 Å². The molecule has 2 aromatic carbocycles. The highest BCUT2D eigenvalue weighted by molar-refractivity contribution is 7.89. The first-order valence-corrected chi connectivity index (χ1v) is 11.6. The first kappa shape index (κ1) is 22.1. The van der Waals surface area contributed by atoms with Crippen LogP contribution < -0.4 is 10.1 Å². The number of nitrogens with one attached hydrogen (secondary N) is 1. The zero-order chi connectivity index (χ0) is 23.0. The third kappa shape index (κ3) is 4.02. The highest BCUT2D eigenvalue weighted by Gasteiger charge is 2.34. The molecule has 1 N–H and O–H groups in total. The number of piperazine rings is 1. The number of carbonyl (C=O) groups excluding carboxylic acids is 2. The highest BCUT2D eigenvalue weighted by atomic mass is 35.5. The van der Waals surface area contributed by atoms with Crippen LogP contribution in [0.3, 0.4) is 0 Å². The first-order valence-electron chi connectivity index (χ1n) is 9.81. The number of sulfonamides is 1. The van der Waals surface area contributed by atoms with Gasteiger partial charge in [-0.15, -0.1) is 0 Å². The molecule has 2 aliphatic rings. The molecule has 2 heterocycles. The fourth-order valence-electron chi connectivity index (χ4n) is 3.55. The number of amides is 2. The first-order chi connectivity index (χ1) is 15.2. The van der Waals surface area contributed by atoms with E-state index >= 15 is 0 Å². The number of fused-ring (bicyclic) bond motifs is 1. The fourth-order valence-corrected chi connectivity index (χ4v) is 5.49. The number of halogens is 1. The van der Waals surface area contributed by atoms with Gasteiger partial charge in [-0.05, 0) is 37.3 Å². The van der Waals surface area contributed by atoms with Crippen LogP contribution in [0.1, 0.15) is 22.8 Å². The maximum Gasteiger partial charge on any atom is 0.265 e. The molecule has 11 heteroatoms. The second-order valence-electron chi connectivity index (χ2n) is 7.41. The summed E-state index contributed by atoms with van der Waals surface area (Å²) in [5.41, 5.74) is 1.21. The summed E-state index contributed by atoms with van der Waals surface area (Å²) in [6.07, 6.45) is -0.754. The maximum atomic E-state index is 13.2. The van der Waals surface area contributed by atoms with Crippen molar-refractivity contribution >= 4 is 39.1 Å². The van der Waals surface area contributed by atoms with Crippen molar-refractivity contribution in [3.05, 3.63) is 52.5 Å². The lowest BCUT2D eigenvalue weighted by atomic mass is 10.1. The Labute approximate surface area is 190 Å². The van der Waals surface area contributed by atoms with Crippen molar-refractivity contribution in [2.24, 2.45) is 0 Å². The standard InChI is InChI=1S/C21H19ClN4O5S/c1-13-20(27)24-17-10-16(22)19(11-18(17)31-13)32(29,30)26-8-6-25(7-9-26)21(28)15-4-2-14(12-23)3-5-15/h2-5,10-11,13H,6-9H2,1H3,(H,24,27). The molecule has 9 nitrogen and oxygen atoms in total. The molecule has 2 amide bonds. The average molecular weight is 475 g/mol. The van der Waals surface area contributed by atoms with Gasteiger partial charge in [-0.1, -0.05) is 11.6 Å². The van der Waals surface area contributed by atoms with Crippen LogP contribution in [0.25, 0.3) is 0 Å². The van der Waals surface area contributed by atoms with Crippen molar-refractivity contribution in [1.29, 1.82) is 5.26 Å². The lowest BCUT2D eigenvalue weighted by Crippen LogP contribution is -2.50. The van der Waals surface area contributed by atoms with Gasteiger partial charge in [0, 0.05) is 37.8 Å². The molecule has 2 aromatic rings. The Balaban J connectivity index is 1.49. The molecular formula is C21H19ClN4O5S. The van der Waals surface area contributed by atoms with Crippen molar-refractivity contribution in [2.45, 2.75) is 17.9 Å². The lowest BCUT2D eigenvalue weighted by molar-refractivity contribution is -0.122. The van der Waals surface area contributed by atoms with Gasteiger partial charge in [-0.3, -0.25) is 9.59 Å². The molecule has 0 saturated carbocycles. The second kappa shape index (κ2) is 8.43. The van der Waals surface area contributed by atoms with E-state index in [1.54, 1.807) is 36.1 Å². The Kier molecular flexibility index (Phi) is 5.81. The minimum absolute atomic E-state index is 0.0294. The number of hydrogen-bond acceptors (Lipinski definition) is 6. The molecule has 0 bridgehead atoms. The van der Waals surface area contributed by atoms with E-state index < -0.39 is 16.1 Å². The van der Waals surface area contributed by atoms with Crippen LogP contribution in [0, 0.1) is 11.3 Å². The smallest absolute Gasteiger partial charge is 0.265 e. The monoisotopic (exact) mass is 474 g/mol. The number of anilines is 1. The highest BCUT2D eigenvalue weighted by Crippen LogP contribution is 2.38. The van der Waals surface area contributed by atoms with Crippen LogP contribution >= 0.6 is 11.6 Å². The Hall–Kier alpha value is -3.13. The van der Waals surface area contributed by atoms with E-state index in [-0.39, 0.29) is 53.7 Å². The van der Waals surface area contributed by atoms with Gasteiger partial charge in [0.15, 0.2) is 6.10 Å². The summed E-state index contributed by atoms with van der Waals surface area (Å²) in [6, 6.07) is 11.0. The summed E-state index contributed by atoms with van der Waals surface area (Å²) < 4.78 is 33.2. The molecule has 0 aliphatic carbocycles. The molecule has 2 aliphatic heterocycles. The topological polar surface area (TPSA) is 120 Å². The SMILES string of the molecule is CC1Oc2cc(S(=O)(=O)N3CCN(C(=O)c4ccc(C#N)cc4)CC3)c(Cl)cc2NC1=O. The van der Waals surface area contributed by atoms with E-state index in [4.69, 9.17) is 21.6 Å². The Bertz CT molecular complexity index is 1230. The molecule has 32 heavy (non-hydrogen) atoms. The normalized spacial score (nSPS) is 18.8. The van der Waals surface area contributed by atoms with Crippen LogP contribution in [0.2, 0.25) is 5.02 Å². The largest absolute Gasteiger partial charge is 0.479 e. The van der Waals surface area contributed by atoms with Gasteiger partial charge < -0.3 is 15.0 Å². The van der Waals surface area contributed by atoms with Gasteiger partial charge in [0.2, 0.25) is 10.0 Å². The summed E-state index contributed by atoms with van der Waals surface area (Å²) in [5, 5.41) is 11.5. The van der Waals surface area contributed by atoms with Crippen molar-refractivity contribution in [2.75, 3.05) is 31.5 Å². The third-order valence-corrected chi connectivity index (χ3v) is 7.73. The molecule has 1 fully saturated rings. The average Bonchev–Trinajstić information content (AvgIpc) is 2.79. The van der Waals surface area contributed by atoms with Crippen LogP contribution in [0.15, 0.2) is 41.3 Å². The molecule has 0 aromatic heterocycles. The van der Waals surface area contributed by atoms with E-state index in [1.165, 1.54) is 16.4 Å². The van der Waals surface area contributed by atoms with E-state index in [1.807, 2.05) is 6.07 Å². The Morgan fingerprint density at radius 2 is 1.84 bits per heavy atom. The van der Waals surface area contributed by atoms with E-state index in [9.17, 15) is 18.0 Å². The van der Waals surface area contributed by atoms with Crippen LogP contribution in [0.5, 0.6) is 5.75 Å². The molecule has 166 valence electrons. The van der Waals surface area contributed by atoms with E-state index in [0.29, 0.717) is 16.8 Å². The number of nitrogens with zero attached hydrogens (tertiary/aromatic N) is 3. The Morgan fingerprint density at radius 3 is 2.47 bits per heavy atom.